The standard InChI is InChI=1S/C16H12ClFO2/c17-15-8-10(3-4-14(15)16(19)20)12-5-11(9-1-2-9)6-13(18)7-12/h3-9H,1-2H2,(H,19,20). The van der Waals surface area contributed by atoms with Gasteiger partial charge in [0.05, 0.1) is 10.6 Å². The largest absolute Gasteiger partial charge is 0.478 e. The first-order chi connectivity index (χ1) is 9.54. The van der Waals surface area contributed by atoms with Crippen LogP contribution in [0.3, 0.4) is 0 Å². The van der Waals surface area contributed by atoms with E-state index in [1.165, 1.54) is 12.1 Å². The summed E-state index contributed by atoms with van der Waals surface area (Å²) < 4.78 is 13.7. The van der Waals surface area contributed by atoms with Crippen molar-refractivity contribution in [1.29, 1.82) is 0 Å². The Morgan fingerprint density at radius 1 is 1.15 bits per heavy atom. The van der Waals surface area contributed by atoms with Crippen LogP contribution in [0.25, 0.3) is 11.1 Å². The van der Waals surface area contributed by atoms with Crippen molar-refractivity contribution in [3.05, 3.63) is 58.4 Å². The molecule has 1 aliphatic carbocycles. The van der Waals surface area contributed by atoms with Crippen molar-refractivity contribution in [2.45, 2.75) is 18.8 Å². The van der Waals surface area contributed by atoms with Crippen LogP contribution in [0.1, 0.15) is 34.7 Å². The SMILES string of the molecule is O=C(O)c1ccc(-c2cc(F)cc(C3CC3)c2)cc1Cl. The van der Waals surface area contributed by atoms with Gasteiger partial charge in [0.2, 0.25) is 0 Å². The maximum absolute atomic E-state index is 13.7. The van der Waals surface area contributed by atoms with Gasteiger partial charge in [-0.1, -0.05) is 23.7 Å². The fraction of sp³-hybridized carbons (Fsp3) is 0.188. The number of benzene rings is 2. The van der Waals surface area contributed by atoms with E-state index in [-0.39, 0.29) is 16.4 Å². The van der Waals surface area contributed by atoms with E-state index in [9.17, 15) is 9.18 Å². The molecule has 2 aromatic rings. The van der Waals surface area contributed by atoms with Gasteiger partial charge in [-0.3, -0.25) is 0 Å². The Morgan fingerprint density at radius 3 is 2.50 bits per heavy atom. The number of carboxylic acids is 1. The van der Waals surface area contributed by atoms with Gasteiger partial charge in [0, 0.05) is 0 Å². The molecule has 0 unspecified atom stereocenters. The second kappa shape index (κ2) is 4.91. The molecule has 0 heterocycles. The lowest BCUT2D eigenvalue weighted by Crippen LogP contribution is -1.97. The van der Waals surface area contributed by atoms with Gasteiger partial charge in [-0.2, -0.15) is 0 Å². The van der Waals surface area contributed by atoms with E-state index in [1.807, 2.05) is 6.07 Å². The van der Waals surface area contributed by atoms with Gasteiger partial charge in [-0.05, 0) is 59.7 Å². The highest BCUT2D eigenvalue weighted by atomic mass is 35.5. The van der Waals surface area contributed by atoms with Crippen LogP contribution in [0.15, 0.2) is 36.4 Å². The van der Waals surface area contributed by atoms with Crippen LogP contribution in [0, 0.1) is 5.82 Å². The lowest BCUT2D eigenvalue weighted by Gasteiger charge is -2.07. The molecular formula is C16H12ClFO2. The summed E-state index contributed by atoms with van der Waals surface area (Å²) in [5.74, 6) is -0.888. The quantitative estimate of drug-likeness (QED) is 0.888. The molecule has 20 heavy (non-hydrogen) atoms. The third-order valence-corrected chi connectivity index (χ3v) is 3.81. The fourth-order valence-corrected chi connectivity index (χ4v) is 2.56. The Morgan fingerprint density at radius 2 is 1.90 bits per heavy atom. The monoisotopic (exact) mass is 290 g/mol. The van der Waals surface area contributed by atoms with Gasteiger partial charge in [-0.15, -0.1) is 0 Å². The molecule has 1 aliphatic rings. The van der Waals surface area contributed by atoms with Crippen LogP contribution in [0.5, 0.6) is 0 Å². The van der Waals surface area contributed by atoms with Crippen LogP contribution in [0.2, 0.25) is 5.02 Å². The highest BCUT2D eigenvalue weighted by Crippen LogP contribution is 2.41. The van der Waals surface area contributed by atoms with Gasteiger partial charge in [0.25, 0.3) is 0 Å². The van der Waals surface area contributed by atoms with Crippen LogP contribution in [-0.4, -0.2) is 11.1 Å². The zero-order valence-corrected chi connectivity index (χ0v) is 11.3. The number of carboxylic acid groups (broad SMARTS) is 1. The summed E-state index contributed by atoms with van der Waals surface area (Å²) in [6.07, 6.45) is 2.20. The predicted molar refractivity (Wildman–Crippen MR) is 75.8 cm³/mol. The maximum Gasteiger partial charge on any atom is 0.337 e. The van der Waals surface area contributed by atoms with E-state index < -0.39 is 5.97 Å². The summed E-state index contributed by atoms with van der Waals surface area (Å²) in [7, 11) is 0. The predicted octanol–water partition coefficient (Wildman–Crippen LogP) is 4.72. The first-order valence-corrected chi connectivity index (χ1v) is 6.76. The average Bonchev–Trinajstić information content (AvgIpc) is 3.21. The smallest absolute Gasteiger partial charge is 0.337 e. The molecule has 4 heteroatoms. The normalized spacial score (nSPS) is 14.3. The van der Waals surface area contributed by atoms with Crippen LogP contribution in [-0.2, 0) is 0 Å². The number of rotatable bonds is 3. The second-order valence-corrected chi connectivity index (χ2v) is 5.45. The molecule has 0 radical (unpaired) electrons. The number of hydrogen-bond acceptors (Lipinski definition) is 1. The van der Waals surface area contributed by atoms with Crippen molar-refractivity contribution < 1.29 is 14.3 Å². The highest BCUT2D eigenvalue weighted by molar-refractivity contribution is 6.33. The minimum Gasteiger partial charge on any atom is -0.478 e. The molecule has 102 valence electrons. The lowest BCUT2D eigenvalue weighted by atomic mass is 9.99. The first-order valence-electron chi connectivity index (χ1n) is 6.38. The molecule has 0 bridgehead atoms. The van der Waals surface area contributed by atoms with Gasteiger partial charge < -0.3 is 5.11 Å². The summed E-state index contributed by atoms with van der Waals surface area (Å²) in [6.45, 7) is 0. The number of carbonyl (C=O) groups is 1. The minimum absolute atomic E-state index is 0.0502. The zero-order valence-electron chi connectivity index (χ0n) is 10.6. The molecular weight excluding hydrogens is 279 g/mol. The van der Waals surface area contributed by atoms with Gasteiger partial charge in [0.1, 0.15) is 5.82 Å². The lowest BCUT2D eigenvalue weighted by molar-refractivity contribution is 0.0697. The highest BCUT2D eigenvalue weighted by Gasteiger charge is 2.24. The van der Waals surface area contributed by atoms with Crippen LogP contribution >= 0.6 is 11.6 Å². The third kappa shape index (κ3) is 2.54. The Balaban J connectivity index is 2.04. The van der Waals surface area contributed by atoms with Gasteiger partial charge in [-0.25, -0.2) is 9.18 Å². The summed E-state index contributed by atoms with van der Waals surface area (Å²) in [6, 6.07) is 9.62. The van der Waals surface area contributed by atoms with E-state index >= 15 is 0 Å². The summed E-state index contributed by atoms with van der Waals surface area (Å²) in [5.41, 5.74) is 2.50. The van der Waals surface area contributed by atoms with Crippen molar-refractivity contribution in [2.75, 3.05) is 0 Å². The molecule has 3 rings (SSSR count). The second-order valence-electron chi connectivity index (χ2n) is 5.05. The van der Waals surface area contributed by atoms with Crippen molar-refractivity contribution in [3.63, 3.8) is 0 Å². The van der Waals surface area contributed by atoms with Gasteiger partial charge in [0.15, 0.2) is 0 Å². The Hall–Kier alpha value is -1.87. The minimum atomic E-state index is -1.07. The van der Waals surface area contributed by atoms with E-state index in [2.05, 4.69) is 0 Å². The van der Waals surface area contributed by atoms with E-state index in [4.69, 9.17) is 16.7 Å². The molecule has 0 spiro atoms. The average molecular weight is 291 g/mol. The van der Waals surface area contributed by atoms with E-state index in [1.54, 1.807) is 18.2 Å². The van der Waals surface area contributed by atoms with Crippen LogP contribution < -0.4 is 0 Å². The molecule has 1 saturated carbocycles. The molecule has 1 N–H and O–H groups in total. The molecule has 2 aromatic carbocycles. The Bertz CT molecular complexity index is 693. The van der Waals surface area contributed by atoms with Crippen molar-refractivity contribution >= 4 is 17.6 Å². The maximum atomic E-state index is 13.7. The zero-order chi connectivity index (χ0) is 14.3. The third-order valence-electron chi connectivity index (χ3n) is 3.50. The number of halogens is 2. The summed E-state index contributed by atoms with van der Waals surface area (Å²) in [4.78, 5) is 10.9. The first kappa shape index (κ1) is 13.1. The van der Waals surface area contributed by atoms with Gasteiger partial charge >= 0.3 is 5.97 Å². The van der Waals surface area contributed by atoms with E-state index in [0.29, 0.717) is 5.92 Å². The summed E-state index contributed by atoms with van der Waals surface area (Å²) >= 11 is 5.95. The molecule has 2 nitrogen and oxygen atoms in total. The molecule has 1 fully saturated rings. The van der Waals surface area contributed by atoms with Crippen LogP contribution in [0.4, 0.5) is 4.39 Å². The molecule has 0 aliphatic heterocycles. The summed E-state index contributed by atoms with van der Waals surface area (Å²) in [5, 5.41) is 9.11. The van der Waals surface area contributed by atoms with E-state index in [0.717, 1.165) is 29.5 Å². The Kier molecular flexibility index (Phi) is 3.22. The number of aromatic carboxylic acids is 1. The van der Waals surface area contributed by atoms with Crippen molar-refractivity contribution in [1.82, 2.24) is 0 Å². The molecule has 0 aromatic heterocycles. The molecule has 0 amide bonds. The molecule has 0 atom stereocenters. The topological polar surface area (TPSA) is 37.3 Å². The Labute approximate surface area is 120 Å². The number of hydrogen-bond donors (Lipinski definition) is 1. The molecule has 0 saturated heterocycles. The van der Waals surface area contributed by atoms with Crippen molar-refractivity contribution in [3.8, 4) is 11.1 Å². The fourth-order valence-electron chi connectivity index (χ4n) is 2.30. The van der Waals surface area contributed by atoms with Crippen molar-refractivity contribution in [2.24, 2.45) is 0 Å².